The molecule has 0 amide bonds. The Labute approximate surface area is 135 Å². The number of quaternary nitrogens is 1. The second-order valence-electron chi connectivity index (χ2n) is 7.95. The highest BCUT2D eigenvalue weighted by atomic mass is 32.1. The van der Waals surface area contributed by atoms with Gasteiger partial charge in [0.05, 0.1) is 20.6 Å². The average Bonchev–Trinajstić information content (AvgIpc) is 3.08. The first-order chi connectivity index (χ1) is 10.1. The Kier molecular flexibility index (Phi) is 4.75. The van der Waals surface area contributed by atoms with E-state index in [-0.39, 0.29) is 0 Å². The molecule has 21 heavy (non-hydrogen) atoms. The standard InChI is InChI=1S/C17H31N3S/c1-20(2)17(8-4-3-5-9-17)12-18-16(21)19-15-11-13-6-7-14(15)10-13/h13-15H,3-12H2,1-2H3,(H2,18,19,21)/p+1/t13-,14+,15-/m1/s1. The number of hydrogen-bond donors (Lipinski definition) is 3. The molecule has 0 aliphatic heterocycles. The molecule has 0 heterocycles. The predicted octanol–water partition coefficient (Wildman–Crippen LogP) is 1.49. The molecule has 2 bridgehead atoms. The molecule has 120 valence electrons. The first-order valence-electron chi connectivity index (χ1n) is 8.94. The fraction of sp³-hybridized carbons (Fsp3) is 0.941. The normalized spacial score (nSPS) is 34.1. The van der Waals surface area contributed by atoms with Crippen LogP contribution in [0.15, 0.2) is 0 Å². The maximum Gasteiger partial charge on any atom is 0.166 e. The van der Waals surface area contributed by atoms with E-state index in [1.807, 2.05) is 0 Å². The van der Waals surface area contributed by atoms with E-state index in [1.54, 1.807) is 4.90 Å². The van der Waals surface area contributed by atoms with Crippen LogP contribution in [0.1, 0.15) is 57.8 Å². The van der Waals surface area contributed by atoms with Crippen molar-refractivity contribution in [3.63, 3.8) is 0 Å². The van der Waals surface area contributed by atoms with Crippen molar-refractivity contribution in [1.82, 2.24) is 10.6 Å². The number of rotatable bonds is 4. The van der Waals surface area contributed by atoms with Gasteiger partial charge < -0.3 is 15.5 Å². The van der Waals surface area contributed by atoms with Crippen molar-refractivity contribution in [2.75, 3.05) is 20.6 Å². The summed E-state index contributed by atoms with van der Waals surface area (Å²) in [6, 6.07) is 0.651. The van der Waals surface area contributed by atoms with Crippen LogP contribution in [0.3, 0.4) is 0 Å². The van der Waals surface area contributed by atoms with Crippen LogP contribution in [0.2, 0.25) is 0 Å². The highest BCUT2D eigenvalue weighted by molar-refractivity contribution is 7.80. The maximum atomic E-state index is 5.58. The third-order valence-electron chi connectivity index (χ3n) is 6.51. The zero-order valence-electron chi connectivity index (χ0n) is 13.7. The summed E-state index contributed by atoms with van der Waals surface area (Å²) in [6.45, 7) is 1.03. The number of hydrogen-bond acceptors (Lipinski definition) is 1. The van der Waals surface area contributed by atoms with Crippen LogP contribution in [-0.2, 0) is 0 Å². The van der Waals surface area contributed by atoms with E-state index >= 15 is 0 Å². The van der Waals surface area contributed by atoms with Crippen molar-refractivity contribution in [2.24, 2.45) is 11.8 Å². The van der Waals surface area contributed by atoms with Gasteiger partial charge in [-0.2, -0.15) is 0 Å². The molecular formula is C17H32N3S+. The van der Waals surface area contributed by atoms with Gasteiger partial charge in [0.15, 0.2) is 5.11 Å². The molecule has 0 spiro atoms. The van der Waals surface area contributed by atoms with Gasteiger partial charge in [0.25, 0.3) is 0 Å². The van der Waals surface area contributed by atoms with Gasteiger partial charge in [0.1, 0.15) is 5.54 Å². The summed E-state index contributed by atoms with van der Waals surface area (Å²) in [5.41, 5.74) is 0.388. The summed E-state index contributed by atoms with van der Waals surface area (Å²) in [4.78, 5) is 1.58. The Hall–Kier alpha value is -0.350. The summed E-state index contributed by atoms with van der Waals surface area (Å²) in [5.74, 6) is 1.86. The summed E-state index contributed by atoms with van der Waals surface area (Å²) in [7, 11) is 4.61. The van der Waals surface area contributed by atoms with Gasteiger partial charge in [-0.1, -0.05) is 12.8 Å². The van der Waals surface area contributed by atoms with Crippen LogP contribution >= 0.6 is 12.2 Å². The lowest BCUT2D eigenvalue weighted by Crippen LogP contribution is -3.16. The van der Waals surface area contributed by atoms with Crippen molar-refractivity contribution in [2.45, 2.75) is 69.4 Å². The lowest BCUT2D eigenvalue weighted by atomic mass is 9.80. The summed E-state index contributed by atoms with van der Waals surface area (Å²) >= 11 is 5.58. The number of thiocarbonyl (C=S) groups is 1. The predicted molar refractivity (Wildman–Crippen MR) is 91.6 cm³/mol. The molecule has 0 aromatic rings. The van der Waals surface area contributed by atoms with Crippen LogP contribution in [0, 0.1) is 11.8 Å². The van der Waals surface area contributed by atoms with Gasteiger partial charge in [0.2, 0.25) is 0 Å². The molecule has 0 aromatic heterocycles. The zero-order valence-corrected chi connectivity index (χ0v) is 14.5. The second kappa shape index (κ2) is 6.41. The molecule has 3 saturated carbocycles. The van der Waals surface area contributed by atoms with E-state index in [0.29, 0.717) is 11.6 Å². The fourth-order valence-electron chi connectivity index (χ4n) is 4.97. The molecule has 0 radical (unpaired) electrons. The minimum atomic E-state index is 0.388. The van der Waals surface area contributed by atoms with E-state index in [4.69, 9.17) is 12.2 Å². The van der Waals surface area contributed by atoms with Gasteiger partial charge in [-0.3, -0.25) is 0 Å². The molecule has 0 aromatic carbocycles. The fourth-order valence-corrected chi connectivity index (χ4v) is 5.20. The van der Waals surface area contributed by atoms with E-state index in [2.05, 4.69) is 24.7 Å². The topological polar surface area (TPSA) is 28.5 Å². The lowest BCUT2D eigenvalue weighted by molar-refractivity contribution is -0.916. The maximum absolute atomic E-state index is 5.58. The SMILES string of the molecule is C[NH+](C)C1(CNC(=S)N[C@@H]2C[C@@H]3CC[C@H]2C3)CCCCC1. The van der Waals surface area contributed by atoms with Crippen molar-refractivity contribution in [3.8, 4) is 0 Å². The van der Waals surface area contributed by atoms with Gasteiger partial charge in [-0.05, 0) is 56.2 Å². The van der Waals surface area contributed by atoms with Crippen molar-refractivity contribution in [1.29, 1.82) is 0 Å². The van der Waals surface area contributed by atoms with E-state index in [0.717, 1.165) is 23.5 Å². The van der Waals surface area contributed by atoms with Crippen molar-refractivity contribution >= 4 is 17.3 Å². The molecule has 3 aliphatic carbocycles. The second-order valence-corrected chi connectivity index (χ2v) is 8.36. The van der Waals surface area contributed by atoms with Crippen molar-refractivity contribution < 1.29 is 4.90 Å². The molecule has 3 rings (SSSR count). The van der Waals surface area contributed by atoms with Gasteiger partial charge in [-0.15, -0.1) is 0 Å². The number of fused-ring (bicyclic) bond motifs is 2. The number of nitrogens with one attached hydrogen (secondary N) is 3. The first kappa shape index (κ1) is 15.5. The smallest absolute Gasteiger partial charge is 0.166 e. The summed E-state index contributed by atoms with van der Waals surface area (Å²) in [5, 5.41) is 8.08. The van der Waals surface area contributed by atoms with Crippen molar-refractivity contribution in [3.05, 3.63) is 0 Å². The minimum Gasteiger partial charge on any atom is -0.360 e. The van der Waals surface area contributed by atoms with Gasteiger partial charge in [-0.25, -0.2) is 0 Å². The Morgan fingerprint density at radius 1 is 1.14 bits per heavy atom. The summed E-state index contributed by atoms with van der Waals surface area (Å²) < 4.78 is 0. The van der Waals surface area contributed by atoms with E-state index in [9.17, 15) is 0 Å². The molecular weight excluding hydrogens is 278 g/mol. The van der Waals surface area contributed by atoms with Gasteiger partial charge in [0, 0.05) is 18.9 Å². The molecule has 3 aliphatic rings. The Balaban J connectivity index is 1.48. The summed E-state index contributed by atoms with van der Waals surface area (Å²) in [6.07, 6.45) is 12.5. The third kappa shape index (κ3) is 3.37. The largest absolute Gasteiger partial charge is 0.360 e. The molecule has 4 heteroatoms. The molecule has 0 saturated heterocycles. The van der Waals surface area contributed by atoms with E-state index < -0.39 is 0 Å². The molecule has 3 nitrogen and oxygen atoms in total. The number of likely N-dealkylation sites (N-methyl/N-ethyl adjacent to an activating group) is 1. The average molecular weight is 311 g/mol. The Morgan fingerprint density at radius 2 is 1.90 bits per heavy atom. The van der Waals surface area contributed by atoms with Crippen LogP contribution < -0.4 is 15.5 Å². The monoisotopic (exact) mass is 310 g/mol. The van der Waals surface area contributed by atoms with Crippen LogP contribution in [-0.4, -0.2) is 37.3 Å². The molecule has 0 unspecified atom stereocenters. The lowest BCUT2D eigenvalue weighted by Gasteiger charge is -2.40. The van der Waals surface area contributed by atoms with Gasteiger partial charge >= 0.3 is 0 Å². The van der Waals surface area contributed by atoms with Crippen LogP contribution in [0.5, 0.6) is 0 Å². The Bertz CT molecular complexity index is 376. The molecule has 3 fully saturated rings. The highest BCUT2D eigenvalue weighted by Gasteiger charge is 2.41. The highest BCUT2D eigenvalue weighted by Crippen LogP contribution is 2.44. The van der Waals surface area contributed by atoms with Crippen LogP contribution in [0.25, 0.3) is 0 Å². The molecule has 3 atom stereocenters. The van der Waals surface area contributed by atoms with E-state index in [1.165, 1.54) is 57.8 Å². The zero-order chi connectivity index (χ0) is 14.9. The van der Waals surface area contributed by atoms with Crippen LogP contribution in [0.4, 0.5) is 0 Å². The third-order valence-corrected chi connectivity index (χ3v) is 6.78. The molecule has 3 N–H and O–H groups in total. The first-order valence-corrected chi connectivity index (χ1v) is 9.35. The minimum absolute atomic E-state index is 0.388. The Morgan fingerprint density at radius 3 is 2.48 bits per heavy atom. The quantitative estimate of drug-likeness (QED) is 0.687.